The lowest BCUT2D eigenvalue weighted by Crippen LogP contribution is -2.24. The number of aromatic nitrogens is 1. The first-order valence-corrected chi connectivity index (χ1v) is 5.39. The molecule has 0 spiro atoms. The van der Waals surface area contributed by atoms with E-state index in [0.29, 0.717) is 10.7 Å². The van der Waals surface area contributed by atoms with Gasteiger partial charge in [0.05, 0.1) is 10.7 Å². The molecule has 0 amide bonds. The highest BCUT2D eigenvalue weighted by Crippen LogP contribution is 2.31. The zero-order chi connectivity index (χ0) is 11.6. The van der Waals surface area contributed by atoms with Gasteiger partial charge >= 0.3 is 0 Å². The Morgan fingerprint density at radius 3 is 2.44 bits per heavy atom. The van der Waals surface area contributed by atoms with E-state index in [0.717, 1.165) is 5.56 Å². The summed E-state index contributed by atoms with van der Waals surface area (Å²) in [6.45, 7) is 1.69. The third-order valence-corrected chi connectivity index (χ3v) is 2.86. The summed E-state index contributed by atoms with van der Waals surface area (Å²) in [5, 5.41) is 11.0. The summed E-state index contributed by atoms with van der Waals surface area (Å²) in [6.07, 6.45) is 1.62. The van der Waals surface area contributed by atoms with Crippen LogP contribution < -0.4 is 0 Å². The van der Waals surface area contributed by atoms with E-state index in [9.17, 15) is 5.11 Å². The van der Waals surface area contributed by atoms with Crippen molar-refractivity contribution in [3.63, 3.8) is 0 Å². The Balaban J connectivity index is 2.51. The first-order valence-electron chi connectivity index (χ1n) is 5.01. The Labute approximate surface area is 99.5 Å². The van der Waals surface area contributed by atoms with Crippen molar-refractivity contribution in [1.82, 2.24) is 4.98 Å². The Bertz CT molecular complexity index is 482. The molecule has 1 aromatic heterocycles. The summed E-state index contributed by atoms with van der Waals surface area (Å²) >= 11 is 6.04. The smallest absolute Gasteiger partial charge is 0.130 e. The van der Waals surface area contributed by atoms with Crippen molar-refractivity contribution >= 4 is 11.6 Å². The third-order valence-electron chi connectivity index (χ3n) is 2.56. The van der Waals surface area contributed by atoms with Crippen molar-refractivity contribution in [2.75, 3.05) is 0 Å². The fraction of sp³-hybridized carbons (Fsp3) is 0.154. The quantitative estimate of drug-likeness (QED) is 0.865. The maximum absolute atomic E-state index is 10.5. The Kier molecular flexibility index (Phi) is 2.95. The molecule has 0 saturated carbocycles. The number of benzene rings is 1. The van der Waals surface area contributed by atoms with Crippen molar-refractivity contribution in [1.29, 1.82) is 0 Å². The third kappa shape index (κ3) is 1.94. The van der Waals surface area contributed by atoms with Crippen LogP contribution in [0.2, 0.25) is 5.02 Å². The molecule has 0 aliphatic rings. The van der Waals surface area contributed by atoms with Crippen LogP contribution in [-0.4, -0.2) is 10.1 Å². The van der Waals surface area contributed by atoms with Gasteiger partial charge in [0.15, 0.2) is 0 Å². The van der Waals surface area contributed by atoms with Gasteiger partial charge in [-0.1, -0.05) is 41.9 Å². The molecule has 16 heavy (non-hydrogen) atoms. The largest absolute Gasteiger partial charge is 0.379 e. The van der Waals surface area contributed by atoms with Gasteiger partial charge in [0, 0.05) is 6.20 Å². The van der Waals surface area contributed by atoms with Gasteiger partial charge in [-0.15, -0.1) is 0 Å². The van der Waals surface area contributed by atoms with Gasteiger partial charge in [-0.3, -0.25) is 4.98 Å². The Hall–Kier alpha value is -1.38. The molecule has 2 rings (SSSR count). The second-order valence-electron chi connectivity index (χ2n) is 3.77. The molecule has 1 unspecified atom stereocenters. The standard InChI is InChI=1S/C13H12ClNO/c1-13(16,10-6-3-2-4-7-10)12-11(14)8-5-9-15-12/h2-9,16H,1H3. The van der Waals surface area contributed by atoms with Crippen LogP contribution in [0, 0.1) is 0 Å². The lowest BCUT2D eigenvalue weighted by molar-refractivity contribution is 0.0975. The van der Waals surface area contributed by atoms with Crippen LogP contribution in [-0.2, 0) is 5.60 Å². The molecule has 2 nitrogen and oxygen atoms in total. The van der Waals surface area contributed by atoms with Gasteiger partial charge in [0.25, 0.3) is 0 Å². The van der Waals surface area contributed by atoms with Gasteiger partial charge in [-0.2, -0.15) is 0 Å². The van der Waals surface area contributed by atoms with Crippen molar-refractivity contribution in [3.8, 4) is 0 Å². The molecule has 1 heterocycles. The summed E-state index contributed by atoms with van der Waals surface area (Å²) in [5.74, 6) is 0. The molecule has 0 aliphatic carbocycles. The van der Waals surface area contributed by atoms with Crippen LogP contribution in [0.1, 0.15) is 18.2 Å². The van der Waals surface area contributed by atoms with E-state index in [1.807, 2.05) is 30.3 Å². The fourth-order valence-corrected chi connectivity index (χ4v) is 1.95. The van der Waals surface area contributed by atoms with Gasteiger partial charge in [0.2, 0.25) is 0 Å². The summed E-state index contributed by atoms with van der Waals surface area (Å²) in [6, 6.07) is 12.8. The molecule has 0 bridgehead atoms. The van der Waals surface area contributed by atoms with E-state index in [4.69, 9.17) is 11.6 Å². The van der Waals surface area contributed by atoms with E-state index < -0.39 is 5.60 Å². The summed E-state index contributed by atoms with van der Waals surface area (Å²) in [5.41, 5.74) is 0.0815. The normalized spacial score (nSPS) is 14.4. The van der Waals surface area contributed by atoms with Gasteiger partial charge in [0.1, 0.15) is 5.60 Å². The highest BCUT2D eigenvalue weighted by atomic mass is 35.5. The van der Waals surface area contributed by atoms with Crippen LogP contribution in [0.15, 0.2) is 48.7 Å². The van der Waals surface area contributed by atoms with Gasteiger partial charge in [-0.05, 0) is 24.6 Å². The Morgan fingerprint density at radius 2 is 1.81 bits per heavy atom. The van der Waals surface area contributed by atoms with Crippen LogP contribution in [0.4, 0.5) is 0 Å². The molecule has 0 saturated heterocycles. The van der Waals surface area contributed by atoms with Crippen LogP contribution in [0.5, 0.6) is 0 Å². The molecule has 0 aliphatic heterocycles. The number of halogens is 1. The first-order chi connectivity index (χ1) is 7.62. The van der Waals surface area contributed by atoms with Crippen molar-refractivity contribution in [2.45, 2.75) is 12.5 Å². The molecule has 2 aromatic rings. The predicted octanol–water partition coefficient (Wildman–Crippen LogP) is 2.99. The molecule has 1 N–H and O–H groups in total. The summed E-state index contributed by atoms with van der Waals surface area (Å²) in [4.78, 5) is 4.14. The lowest BCUT2D eigenvalue weighted by Gasteiger charge is -2.24. The average molecular weight is 234 g/mol. The van der Waals surface area contributed by atoms with Crippen LogP contribution in [0.25, 0.3) is 0 Å². The highest BCUT2D eigenvalue weighted by molar-refractivity contribution is 6.31. The maximum atomic E-state index is 10.5. The molecule has 1 atom stereocenters. The van der Waals surface area contributed by atoms with Gasteiger partial charge in [-0.25, -0.2) is 0 Å². The lowest BCUT2D eigenvalue weighted by atomic mass is 9.92. The highest BCUT2D eigenvalue weighted by Gasteiger charge is 2.28. The van der Waals surface area contributed by atoms with Gasteiger partial charge < -0.3 is 5.11 Å². The van der Waals surface area contributed by atoms with E-state index >= 15 is 0 Å². The summed E-state index contributed by atoms with van der Waals surface area (Å²) in [7, 11) is 0. The maximum Gasteiger partial charge on any atom is 0.130 e. The number of rotatable bonds is 2. The average Bonchev–Trinajstić information content (AvgIpc) is 2.30. The molecule has 82 valence electrons. The summed E-state index contributed by atoms with van der Waals surface area (Å²) < 4.78 is 0. The molecular formula is C13H12ClNO. The first kappa shape index (κ1) is 11.1. The SMILES string of the molecule is CC(O)(c1ccccc1)c1ncccc1Cl. The number of hydrogen-bond acceptors (Lipinski definition) is 2. The molecular weight excluding hydrogens is 222 g/mol. The number of nitrogens with zero attached hydrogens (tertiary/aromatic N) is 1. The van der Waals surface area contributed by atoms with Crippen LogP contribution >= 0.6 is 11.6 Å². The molecule has 3 heteroatoms. The minimum absolute atomic E-state index is 0.469. The molecule has 0 radical (unpaired) electrons. The van der Waals surface area contributed by atoms with E-state index in [1.165, 1.54) is 0 Å². The van der Waals surface area contributed by atoms with E-state index in [2.05, 4.69) is 4.98 Å². The number of pyridine rings is 1. The zero-order valence-electron chi connectivity index (χ0n) is 8.89. The van der Waals surface area contributed by atoms with E-state index in [1.54, 1.807) is 25.3 Å². The monoisotopic (exact) mass is 233 g/mol. The van der Waals surface area contributed by atoms with Crippen molar-refractivity contribution in [3.05, 3.63) is 64.9 Å². The second kappa shape index (κ2) is 4.24. The second-order valence-corrected chi connectivity index (χ2v) is 4.18. The zero-order valence-corrected chi connectivity index (χ0v) is 9.65. The number of hydrogen-bond donors (Lipinski definition) is 1. The predicted molar refractivity (Wildman–Crippen MR) is 64.4 cm³/mol. The minimum Gasteiger partial charge on any atom is -0.379 e. The van der Waals surface area contributed by atoms with E-state index in [-0.39, 0.29) is 0 Å². The van der Waals surface area contributed by atoms with Crippen molar-refractivity contribution in [2.24, 2.45) is 0 Å². The molecule has 1 aromatic carbocycles. The minimum atomic E-state index is -1.17. The topological polar surface area (TPSA) is 33.1 Å². The fourth-order valence-electron chi connectivity index (χ4n) is 1.64. The van der Waals surface area contributed by atoms with Crippen molar-refractivity contribution < 1.29 is 5.11 Å². The van der Waals surface area contributed by atoms with Crippen LogP contribution in [0.3, 0.4) is 0 Å². The Morgan fingerprint density at radius 1 is 1.12 bits per heavy atom. The molecule has 0 fully saturated rings. The number of aliphatic hydroxyl groups is 1.